The molecule has 1 heterocycles. The second-order valence-corrected chi connectivity index (χ2v) is 6.05. The van der Waals surface area contributed by atoms with E-state index >= 15 is 0 Å². The first-order valence-corrected chi connectivity index (χ1v) is 7.64. The van der Waals surface area contributed by atoms with Crippen LogP contribution < -0.4 is 0 Å². The average Bonchev–Trinajstić information content (AvgIpc) is 2.92. The summed E-state index contributed by atoms with van der Waals surface area (Å²) < 4.78 is 6.97. The monoisotopic (exact) mass is 320 g/mol. The Morgan fingerprint density at radius 3 is 2.74 bits per heavy atom. The molecule has 1 aliphatic carbocycles. The topological polar surface area (TPSA) is 38.9 Å². The molecule has 1 aliphatic rings. The number of halogens is 1. The van der Waals surface area contributed by atoms with Crippen LogP contribution in [0.25, 0.3) is 11.5 Å². The molecule has 0 unspecified atom stereocenters. The van der Waals surface area contributed by atoms with Gasteiger partial charge in [0.25, 0.3) is 0 Å². The number of hydrogen-bond donors (Lipinski definition) is 0. The summed E-state index contributed by atoms with van der Waals surface area (Å²) in [5, 5.41) is 8.48. The zero-order valence-electron chi connectivity index (χ0n) is 11.0. The van der Waals surface area contributed by atoms with Crippen LogP contribution in [-0.4, -0.2) is 10.2 Å². The van der Waals surface area contributed by atoms with Gasteiger partial charge >= 0.3 is 0 Å². The van der Waals surface area contributed by atoms with Crippen molar-refractivity contribution in [3.05, 3.63) is 34.1 Å². The van der Waals surface area contributed by atoms with Gasteiger partial charge in [0.05, 0.1) is 0 Å². The van der Waals surface area contributed by atoms with Gasteiger partial charge in [0.2, 0.25) is 11.8 Å². The van der Waals surface area contributed by atoms with Gasteiger partial charge in [-0.25, -0.2) is 0 Å². The molecular formula is C15H17BrN2O. The van der Waals surface area contributed by atoms with Gasteiger partial charge in [-0.05, 0) is 37.5 Å². The first kappa shape index (κ1) is 12.9. The van der Waals surface area contributed by atoms with Crippen LogP contribution in [0.3, 0.4) is 0 Å². The maximum atomic E-state index is 5.90. The first-order chi connectivity index (χ1) is 9.25. The van der Waals surface area contributed by atoms with E-state index in [-0.39, 0.29) is 0 Å². The maximum absolute atomic E-state index is 5.90. The molecule has 3 nitrogen and oxygen atoms in total. The SMILES string of the molecule is Cc1c(Br)cccc1-c1nnc(C2CCCCC2)o1. The number of rotatable bonds is 2. The van der Waals surface area contributed by atoms with Crippen molar-refractivity contribution in [1.82, 2.24) is 10.2 Å². The van der Waals surface area contributed by atoms with Crippen molar-refractivity contribution in [3.8, 4) is 11.5 Å². The summed E-state index contributed by atoms with van der Waals surface area (Å²) in [6, 6.07) is 6.05. The Kier molecular flexibility index (Phi) is 3.69. The van der Waals surface area contributed by atoms with Crippen LogP contribution in [0.5, 0.6) is 0 Å². The van der Waals surface area contributed by atoms with Gasteiger partial charge in [-0.3, -0.25) is 0 Å². The van der Waals surface area contributed by atoms with Crippen LogP contribution in [0.1, 0.15) is 49.5 Å². The first-order valence-electron chi connectivity index (χ1n) is 6.84. The molecule has 0 atom stereocenters. The molecule has 0 amide bonds. The molecular weight excluding hydrogens is 304 g/mol. The molecule has 0 bridgehead atoms. The molecule has 19 heavy (non-hydrogen) atoms. The Morgan fingerprint density at radius 1 is 1.16 bits per heavy atom. The summed E-state index contributed by atoms with van der Waals surface area (Å²) in [6.45, 7) is 2.06. The van der Waals surface area contributed by atoms with Crippen molar-refractivity contribution in [2.45, 2.75) is 44.9 Å². The molecule has 0 saturated heterocycles. The Hall–Kier alpha value is -1.16. The molecule has 100 valence electrons. The molecule has 0 spiro atoms. The fourth-order valence-corrected chi connectivity index (χ4v) is 3.06. The highest BCUT2D eigenvalue weighted by Gasteiger charge is 2.22. The normalized spacial score (nSPS) is 16.7. The summed E-state index contributed by atoms with van der Waals surface area (Å²) in [6.07, 6.45) is 6.25. The van der Waals surface area contributed by atoms with E-state index in [1.807, 2.05) is 18.2 Å². The highest BCUT2D eigenvalue weighted by atomic mass is 79.9. The van der Waals surface area contributed by atoms with Gasteiger partial charge in [-0.2, -0.15) is 0 Å². The van der Waals surface area contributed by atoms with E-state index in [4.69, 9.17) is 4.42 Å². The third kappa shape index (κ3) is 2.59. The molecule has 4 heteroatoms. The molecule has 1 fully saturated rings. The fourth-order valence-electron chi connectivity index (χ4n) is 2.70. The summed E-state index contributed by atoms with van der Waals surface area (Å²) in [7, 11) is 0. The van der Waals surface area contributed by atoms with Gasteiger partial charge in [0, 0.05) is 16.0 Å². The van der Waals surface area contributed by atoms with E-state index in [0.29, 0.717) is 11.8 Å². The lowest BCUT2D eigenvalue weighted by atomic mass is 9.89. The van der Waals surface area contributed by atoms with E-state index in [0.717, 1.165) is 21.5 Å². The third-order valence-electron chi connectivity index (χ3n) is 3.89. The molecule has 3 rings (SSSR count). The van der Waals surface area contributed by atoms with Crippen molar-refractivity contribution >= 4 is 15.9 Å². The lowest BCUT2D eigenvalue weighted by Crippen LogP contribution is -2.04. The molecule has 2 aromatic rings. The highest BCUT2D eigenvalue weighted by Crippen LogP contribution is 2.34. The van der Waals surface area contributed by atoms with E-state index < -0.39 is 0 Å². The van der Waals surface area contributed by atoms with Crippen LogP contribution in [0, 0.1) is 6.92 Å². The molecule has 0 aliphatic heterocycles. The third-order valence-corrected chi connectivity index (χ3v) is 4.75. The van der Waals surface area contributed by atoms with Gasteiger partial charge in [0.15, 0.2) is 0 Å². The van der Waals surface area contributed by atoms with Crippen molar-refractivity contribution < 1.29 is 4.42 Å². The molecule has 0 radical (unpaired) electrons. The second kappa shape index (κ2) is 5.45. The Morgan fingerprint density at radius 2 is 1.95 bits per heavy atom. The standard InChI is InChI=1S/C15H17BrN2O/c1-10-12(8-5-9-13(10)16)15-18-17-14(19-15)11-6-3-2-4-7-11/h5,8-9,11H,2-4,6-7H2,1H3. The van der Waals surface area contributed by atoms with Crippen LogP contribution in [0.4, 0.5) is 0 Å². The summed E-state index contributed by atoms with van der Waals surface area (Å²) in [4.78, 5) is 0. The minimum Gasteiger partial charge on any atom is -0.420 e. The number of nitrogens with zero attached hydrogens (tertiary/aromatic N) is 2. The summed E-state index contributed by atoms with van der Waals surface area (Å²) in [5.74, 6) is 1.91. The minimum atomic E-state index is 0.461. The van der Waals surface area contributed by atoms with Gasteiger partial charge < -0.3 is 4.42 Å². The fraction of sp³-hybridized carbons (Fsp3) is 0.467. The quantitative estimate of drug-likeness (QED) is 0.793. The van der Waals surface area contributed by atoms with Crippen molar-refractivity contribution in [2.24, 2.45) is 0 Å². The van der Waals surface area contributed by atoms with Crippen molar-refractivity contribution in [2.75, 3.05) is 0 Å². The van der Waals surface area contributed by atoms with E-state index in [1.54, 1.807) is 0 Å². The van der Waals surface area contributed by atoms with Gasteiger partial charge in [0.1, 0.15) is 0 Å². The molecule has 1 saturated carbocycles. The maximum Gasteiger partial charge on any atom is 0.248 e. The molecule has 1 aromatic carbocycles. The summed E-state index contributed by atoms with van der Waals surface area (Å²) >= 11 is 3.54. The van der Waals surface area contributed by atoms with E-state index in [1.165, 1.54) is 32.1 Å². The van der Waals surface area contributed by atoms with E-state index in [2.05, 4.69) is 33.1 Å². The van der Waals surface area contributed by atoms with Crippen molar-refractivity contribution in [3.63, 3.8) is 0 Å². The van der Waals surface area contributed by atoms with Crippen LogP contribution >= 0.6 is 15.9 Å². The second-order valence-electron chi connectivity index (χ2n) is 5.19. The Labute approximate surface area is 121 Å². The Bertz CT molecular complexity index is 573. The predicted molar refractivity (Wildman–Crippen MR) is 78.0 cm³/mol. The average molecular weight is 321 g/mol. The van der Waals surface area contributed by atoms with Crippen LogP contribution in [-0.2, 0) is 0 Å². The van der Waals surface area contributed by atoms with Gasteiger partial charge in [-0.15, -0.1) is 10.2 Å². The predicted octanol–water partition coefficient (Wildman–Crippen LogP) is 4.86. The lowest BCUT2D eigenvalue weighted by molar-refractivity contribution is 0.367. The van der Waals surface area contributed by atoms with E-state index in [9.17, 15) is 0 Å². The lowest BCUT2D eigenvalue weighted by Gasteiger charge is -2.17. The van der Waals surface area contributed by atoms with Crippen molar-refractivity contribution in [1.29, 1.82) is 0 Å². The number of aromatic nitrogens is 2. The van der Waals surface area contributed by atoms with Crippen LogP contribution in [0.2, 0.25) is 0 Å². The number of hydrogen-bond acceptors (Lipinski definition) is 3. The number of benzene rings is 1. The zero-order chi connectivity index (χ0) is 13.2. The van der Waals surface area contributed by atoms with Gasteiger partial charge in [-0.1, -0.05) is 41.3 Å². The minimum absolute atomic E-state index is 0.461. The highest BCUT2D eigenvalue weighted by molar-refractivity contribution is 9.10. The Balaban J connectivity index is 1.90. The molecule has 1 aromatic heterocycles. The largest absolute Gasteiger partial charge is 0.420 e. The zero-order valence-corrected chi connectivity index (χ0v) is 12.6. The summed E-state index contributed by atoms with van der Waals surface area (Å²) in [5.41, 5.74) is 2.16. The smallest absolute Gasteiger partial charge is 0.248 e. The van der Waals surface area contributed by atoms with Crippen LogP contribution in [0.15, 0.2) is 27.1 Å². The molecule has 0 N–H and O–H groups in total.